The number of hydrogen-bond acceptors (Lipinski definition) is 3. The monoisotopic (exact) mass is 248 g/mol. The number of nitrogens with zero attached hydrogens (tertiary/aromatic N) is 2. The Morgan fingerprint density at radius 3 is 2.78 bits per heavy atom. The minimum Gasteiger partial charge on any atom is -0.391 e. The molecule has 18 heavy (non-hydrogen) atoms. The number of likely N-dealkylation sites (tertiary alicyclic amines) is 1. The number of carbonyl (C=O) groups excluding carboxylic acids is 1. The van der Waals surface area contributed by atoms with Gasteiger partial charge in [0, 0.05) is 30.0 Å². The molecule has 4 heteroatoms. The van der Waals surface area contributed by atoms with Crippen molar-refractivity contribution in [2.45, 2.75) is 39.2 Å². The molecule has 1 atom stereocenters. The van der Waals surface area contributed by atoms with Crippen LogP contribution in [0.3, 0.4) is 0 Å². The van der Waals surface area contributed by atoms with Gasteiger partial charge in [0.2, 0.25) is 0 Å². The zero-order valence-corrected chi connectivity index (χ0v) is 11.2. The lowest BCUT2D eigenvalue weighted by Crippen LogP contribution is -2.29. The highest BCUT2D eigenvalue weighted by Gasteiger charge is 2.25. The number of aromatic nitrogens is 1. The number of aryl methyl sites for hydroxylation is 1. The van der Waals surface area contributed by atoms with E-state index in [1.54, 1.807) is 4.90 Å². The average Bonchev–Trinajstić information content (AvgIpc) is 2.74. The molecule has 1 aromatic rings. The van der Waals surface area contributed by atoms with Crippen molar-refractivity contribution in [1.82, 2.24) is 9.88 Å². The number of aliphatic hydroxyl groups is 1. The van der Waals surface area contributed by atoms with Crippen LogP contribution in [0, 0.1) is 6.92 Å². The second-order valence-corrected chi connectivity index (χ2v) is 5.27. The molecule has 1 unspecified atom stereocenters. The molecule has 0 bridgehead atoms. The van der Waals surface area contributed by atoms with Crippen LogP contribution in [0.2, 0.25) is 0 Å². The molecule has 4 nitrogen and oxygen atoms in total. The van der Waals surface area contributed by atoms with Gasteiger partial charge in [0.25, 0.3) is 5.91 Å². The van der Waals surface area contributed by atoms with E-state index in [1.165, 1.54) is 0 Å². The Bertz CT molecular complexity index is 457. The van der Waals surface area contributed by atoms with Crippen molar-refractivity contribution in [1.29, 1.82) is 0 Å². The third-order valence-electron chi connectivity index (χ3n) is 3.26. The fraction of sp³-hybridized carbons (Fsp3) is 0.571. The fourth-order valence-electron chi connectivity index (χ4n) is 2.22. The van der Waals surface area contributed by atoms with Crippen LogP contribution in [0.25, 0.3) is 0 Å². The van der Waals surface area contributed by atoms with Crippen LogP contribution in [0.15, 0.2) is 12.1 Å². The summed E-state index contributed by atoms with van der Waals surface area (Å²) in [4.78, 5) is 18.5. The molecule has 1 aromatic heterocycles. The maximum Gasteiger partial charge on any atom is 0.254 e. The molecule has 0 saturated carbocycles. The lowest BCUT2D eigenvalue weighted by molar-refractivity contribution is 0.0764. The van der Waals surface area contributed by atoms with Crippen molar-refractivity contribution in [2.75, 3.05) is 13.1 Å². The van der Waals surface area contributed by atoms with Gasteiger partial charge in [-0.05, 0) is 31.4 Å². The zero-order chi connectivity index (χ0) is 13.3. The van der Waals surface area contributed by atoms with Crippen molar-refractivity contribution >= 4 is 5.91 Å². The van der Waals surface area contributed by atoms with Gasteiger partial charge in [0.15, 0.2) is 0 Å². The summed E-state index contributed by atoms with van der Waals surface area (Å²) in [5.74, 6) is 0.305. The highest BCUT2D eigenvalue weighted by atomic mass is 16.3. The van der Waals surface area contributed by atoms with Crippen LogP contribution in [-0.2, 0) is 0 Å². The molecule has 1 amide bonds. The third kappa shape index (κ3) is 2.70. The van der Waals surface area contributed by atoms with Crippen molar-refractivity contribution in [3.8, 4) is 0 Å². The minimum absolute atomic E-state index is 0.000972. The van der Waals surface area contributed by atoms with Crippen LogP contribution in [0.4, 0.5) is 0 Å². The second-order valence-electron chi connectivity index (χ2n) is 5.27. The number of aliphatic hydroxyl groups excluding tert-OH is 1. The van der Waals surface area contributed by atoms with E-state index in [2.05, 4.69) is 18.8 Å². The number of hydrogen-bond donors (Lipinski definition) is 1. The highest BCUT2D eigenvalue weighted by molar-refractivity contribution is 5.94. The first kappa shape index (κ1) is 13.0. The van der Waals surface area contributed by atoms with Gasteiger partial charge in [-0.2, -0.15) is 0 Å². The third-order valence-corrected chi connectivity index (χ3v) is 3.26. The summed E-state index contributed by atoms with van der Waals surface area (Å²) < 4.78 is 0. The molecule has 0 aliphatic carbocycles. The molecule has 2 heterocycles. The number of carbonyl (C=O) groups is 1. The first-order valence-electron chi connectivity index (χ1n) is 6.43. The number of rotatable bonds is 2. The lowest BCUT2D eigenvalue weighted by atomic mass is 10.1. The Kier molecular flexibility index (Phi) is 3.66. The standard InChI is InChI=1S/C14H20N2O2/c1-9(2)13-7-11(6-10(3)15-13)14(18)16-5-4-12(17)8-16/h6-7,9,12,17H,4-5,8H2,1-3H3. The molecule has 2 rings (SSSR count). The van der Waals surface area contributed by atoms with E-state index in [4.69, 9.17) is 0 Å². The van der Waals surface area contributed by atoms with E-state index in [-0.39, 0.29) is 12.0 Å². The molecular formula is C14H20N2O2. The van der Waals surface area contributed by atoms with Gasteiger partial charge in [0.05, 0.1) is 6.10 Å². The second kappa shape index (κ2) is 5.06. The van der Waals surface area contributed by atoms with Crippen LogP contribution in [-0.4, -0.2) is 40.1 Å². The van der Waals surface area contributed by atoms with Crippen molar-refractivity contribution in [2.24, 2.45) is 0 Å². The number of amides is 1. The minimum atomic E-state index is -0.374. The molecule has 1 aliphatic heterocycles. The molecule has 1 saturated heterocycles. The molecule has 0 radical (unpaired) electrons. The first-order valence-corrected chi connectivity index (χ1v) is 6.43. The molecule has 0 aromatic carbocycles. The van der Waals surface area contributed by atoms with Gasteiger partial charge in [0.1, 0.15) is 0 Å². The summed E-state index contributed by atoms with van der Waals surface area (Å²) in [6.45, 7) is 7.11. The van der Waals surface area contributed by atoms with E-state index in [0.717, 1.165) is 11.4 Å². The maximum absolute atomic E-state index is 12.3. The van der Waals surface area contributed by atoms with Gasteiger partial charge in [-0.3, -0.25) is 9.78 Å². The molecule has 1 aliphatic rings. The SMILES string of the molecule is Cc1cc(C(=O)N2CCC(O)C2)cc(C(C)C)n1. The number of β-amino-alcohol motifs (C(OH)–C–C–N with tert-alkyl or cyclic N) is 1. The Hall–Kier alpha value is -1.42. The average molecular weight is 248 g/mol. The Balaban J connectivity index is 2.24. The normalized spacial score (nSPS) is 19.6. The van der Waals surface area contributed by atoms with Crippen molar-refractivity contribution < 1.29 is 9.90 Å². The van der Waals surface area contributed by atoms with E-state index in [1.807, 2.05) is 19.1 Å². The summed E-state index contributed by atoms with van der Waals surface area (Å²) in [7, 11) is 0. The van der Waals surface area contributed by atoms with E-state index < -0.39 is 0 Å². The topological polar surface area (TPSA) is 53.4 Å². The van der Waals surface area contributed by atoms with Crippen LogP contribution >= 0.6 is 0 Å². The van der Waals surface area contributed by atoms with E-state index >= 15 is 0 Å². The zero-order valence-electron chi connectivity index (χ0n) is 11.2. The van der Waals surface area contributed by atoms with Gasteiger partial charge in [-0.15, -0.1) is 0 Å². The summed E-state index contributed by atoms with van der Waals surface area (Å²) in [6.07, 6.45) is 0.300. The fourth-order valence-corrected chi connectivity index (χ4v) is 2.22. The predicted molar refractivity (Wildman–Crippen MR) is 69.6 cm³/mol. The van der Waals surface area contributed by atoms with E-state index in [9.17, 15) is 9.90 Å². The van der Waals surface area contributed by atoms with Crippen LogP contribution in [0.5, 0.6) is 0 Å². The van der Waals surface area contributed by atoms with Gasteiger partial charge in [-0.1, -0.05) is 13.8 Å². The smallest absolute Gasteiger partial charge is 0.254 e. The predicted octanol–water partition coefficient (Wildman–Crippen LogP) is 1.72. The summed E-state index contributed by atoms with van der Waals surface area (Å²) >= 11 is 0. The lowest BCUT2D eigenvalue weighted by Gasteiger charge is -2.17. The Morgan fingerprint density at radius 2 is 2.22 bits per heavy atom. The molecule has 0 spiro atoms. The summed E-state index contributed by atoms with van der Waals surface area (Å²) in [5.41, 5.74) is 2.49. The molecule has 98 valence electrons. The first-order chi connectivity index (χ1) is 8.47. The quantitative estimate of drug-likeness (QED) is 0.867. The van der Waals surface area contributed by atoms with Crippen molar-refractivity contribution in [3.05, 3.63) is 29.1 Å². The maximum atomic E-state index is 12.3. The molecule has 1 fully saturated rings. The summed E-state index contributed by atoms with van der Waals surface area (Å²) in [5, 5.41) is 9.49. The largest absolute Gasteiger partial charge is 0.391 e. The molecular weight excluding hydrogens is 228 g/mol. The van der Waals surface area contributed by atoms with Crippen LogP contribution in [0.1, 0.15) is 47.9 Å². The molecule has 1 N–H and O–H groups in total. The highest BCUT2D eigenvalue weighted by Crippen LogP contribution is 2.18. The summed E-state index contributed by atoms with van der Waals surface area (Å²) in [6, 6.07) is 3.68. The van der Waals surface area contributed by atoms with Gasteiger partial charge >= 0.3 is 0 Å². The van der Waals surface area contributed by atoms with Crippen LogP contribution < -0.4 is 0 Å². The van der Waals surface area contributed by atoms with E-state index in [0.29, 0.717) is 31.0 Å². The van der Waals surface area contributed by atoms with Crippen molar-refractivity contribution in [3.63, 3.8) is 0 Å². The number of pyridine rings is 1. The van der Waals surface area contributed by atoms with Gasteiger partial charge < -0.3 is 10.0 Å². The Morgan fingerprint density at radius 1 is 1.50 bits per heavy atom. The Labute approximate surface area is 108 Å². The van der Waals surface area contributed by atoms with Gasteiger partial charge in [-0.25, -0.2) is 0 Å².